The van der Waals surface area contributed by atoms with Crippen molar-refractivity contribution in [1.29, 1.82) is 0 Å². The molecule has 0 aliphatic carbocycles. The second-order valence-corrected chi connectivity index (χ2v) is 7.92. The fraction of sp³-hybridized carbons (Fsp3) is 0.458. The molecule has 0 fully saturated rings. The van der Waals surface area contributed by atoms with Crippen molar-refractivity contribution in [3.05, 3.63) is 47.0 Å². The molecule has 29 heavy (non-hydrogen) atoms. The Morgan fingerprint density at radius 1 is 0.828 bits per heavy atom. The van der Waals surface area contributed by atoms with E-state index in [4.69, 9.17) is 18.9 Å². The highest BCUT2D eigenvalue weighted by molar-refractivity contribution is 5.93. The first-order valence-corrected chi connectivity index (χ1v) is 10.00. The fourth-order valence-corrected chi connectivity index (χ4v) is 2.91. The minimum Gasteiger partial charge on any atom is -0.493 e. The number of ether oxygens (including phenoxy) is 4. The second-order valence-electron chi connectivity index (χ2n) is 7.92. The van der Waals surface area contributed by atoms with Crippen LogP contribution in [0.25, 0.3) is 0 Å². The number of aryl methyl sites for hydroxylation is 1. The Balaban J connectivity index is 2.46. The van der Waals surface area contributed by atoms with Crippen molar-refractivity contribution < 1.29 is 23.7 Å². The van der Waals surface area contributed by atoms with Crippen LogP contribution in [0.1, 0.15) is 68.9 Å². The molecule has 158 valence electrons. The van der Waals surface area contributed by atoms with E-state index in [2.05, 4.69) is 13.8 Å². The molecular formula is C24H32O5. The molecule has 0 aliphatic rings. The maximum atomic E-state index is 13.0. The van der Waals surface area contributed by atoms with Gasteiger partial charge in [-0.3, -0.25) is 0 Å². The lowest BCUT2D eigenvalue weighted by Crippen LogP contribution is -2.15. The lowest BCUT2D eigenvalue weighted by atomic mass is 10.0. The summed E-state index contributed by atoms with van der Waals surface area (Å²) in [5.74, 6) is 1.68. The zero-order chi connectivity index (χ0) is 21.7. The summed E-state index contributed by atoms with van der Waals surface area (Å²) >= 11 is 0. The van der Waals surface area contributed by atoms with Gasteiger partial charge in [-0.2, -0.15) is 0 Å². The number of benzene rings is 2. The van der Waals surface area contributed by atoms with Crippen molar-refractivity contribution in [2.75, 3.05) is 7.11 Å². The van der Waals surface area contributed by atoms with Gasteiger partial charge in [0.2, 0.25) is 5.75 Å². The van der Waals surface area contributed by atoms with Crippen LogP contribution in [0.2, 0.25) is 0 Å². The third-order valence-electron chi connectivity index (χ3n) is 4.19. The fourth-order valence-electron chi connectivity index (χ4n) is 2.91. The van der Waals surface area contributed by atoms with Crippen LogP contribution in [-0.4, -0.2) is 25.3 Å². The van der Waals surface area contributed by atoms with Crippen LogP contribution in [0, 0.1) is 6.92 Å². The van der Waals surface area contributed by atoms with Crippen molar-refractivity contribution in [3.63, 3.8) is 0 Å². The molecule has 2 aromatic rings. The van der Waals surface area contributed by atoms with Crippen LogP contribution < -0.4 is 18.9 Å². The lowest BCUT2D eigenvalue weighted by molar-refractivity contribution is 0.0731. The highest BCUT2D eigenvalue weighted by atomic mass is 16.6. The summed E-state index contributed by atoms with van der Waals surface area (Å²) in [4.78, 5) is 13.0. The summed E-state index contributed by atoms with van der Waals surface area (Å²) in [6.45, 7) is 13.8. The first-order valence-electron chi connectivity index (χ1n) is 10.00. The van der Waals surface area contributed by atoms with E-state index in [1.165, 1.54) is 7.11 Å². The molecule has 0 spiro atoms. The quantitative estimate of drug-likeness (QED) is 0.407. The van der Waals surface area contributed by atoms with Crippen molar-refractivity contribution in [2.45, 2.75) is 66.6 Å². The number of rotatable bonds is 8. The van der Waals surface area contributed by atoms with Crippen LogP contribution >= 0.6 is 0 Å². The van der Waals surface area contributed by atoms with Gasteiger partial charge in [0.25, 0.3) is 0 Å². The first kappa shape index (κ1) is 22.6. The lowest BCUT2D eigenvalue weighted by Gasteiger charge is -2.20. The molecule has 0 heterocycles. The van der Waals surface area contributed by atoms with E-state index in [0.29, 0.717) is 28.6 Å². The van der Waals surface area contributed by atoms with E-state index >= 15 is 0 Å². The standard InChI is InChI=1S/C24H32O5/c1-14(2)19-10-9-17(7)11-20(19)29-24(25)18-12-21(26-8)23(28-16(5)6)22(13-18)27-15(3)4/h9-16H,1-8H3. The Kier molecular flexibility index (Phi) is 7.54. The number of hydrogen-bond acceptors (Lipinski definition) is 5. The van der Waals surface area contributed by atoms with Gasteiger partial charge in [0.1, 0.15) is 5.75 Å². The molecule has 5 nitrogen and oxygen atoms in total. The van der Waals surface area contributed by atoms with Crippen LogP contribution in [0.5, 0.6) is 23.0 Å². The van der Waals surface area contributed by atoms with Gasteiger partial charge in [-0.05, 0) is 69.9 Å². The van der Waals surface area contributed by atoms with Crippen molar-refractivity contribution in [1.82, 2.24) is 0 Å². The molecular weight excluding hydrogens is 368 g/mol. The predicted molar refractivity (Wildman–Crippen MR) is 115 cm³/mol. The molecule has 5 heteroatoms. The van der Waals surface area contributed by atoms with Gasteiger partial charge in [0, 0.05) is 0 Å². The second kappa shape index (κ2) is 9.68. The summed E-state index contributed by atoms with van der Waals surface area (Å²) in [7, 11) is 1.54. The number of carbonyl (C=O) groups is 1. The molecule has 0 radical (unpaired) electrons. The zero-order valence-corrected chi connectivity index (χ0v) is 18.7. The van der Waals surface area contributed by atoms with E-state index in [9.17, 15) is 4.79 Å². The molecule has 0 amide bonds. The van der Waals surface area contributed by atoms with Crippen LogP contribution in [0.3, 0.4) is 0 Å². The molecule has 0 N–H and O–H groups in total. The average Bonchev–Trinajstić information content (AvgIpc) is 2.61. The number of methoxy groups -OCH3 is 1. The largest absolute Gasteiger partial charge is 0.493 e. The van der Waals surface area contributed by atoms with Crippen molar-refractivity contribution >= 4 is 5.97 Å². The van der Waals surface area contributed by atoms with E-state index in [-0.39, 0.29) is 18.1 Å². The third kappa shape index (κ3) is 5.89. The smallest absolute Gasteiger partial charge is 0.343 e. The number of carbonyl (C=O) groups excluding carboxylic acids is 1. The van der Waals surface area contributed by atoms with Crippen molar-refractivity contribution in [2.24, 2.45) is 0 Å². The van der Waals surface area contributed by atoms with Crippen molar-refractivity contribution in [3.8, 4) is 23.0 Å². The van der Waals surface area contributed by atoms with Gasteiger partial charge < -0.3 is 18.9 Å². The van der Waals surface area contributed by atoms with Crippen LogP contribution in [0.4, 0.5) is 0 Å². The van der Waals surface area contributed by atoms with Gasteiger partial charge in [-0.15, -0.1) is 0 Å². The Labute approximate surface area is 173 Å². The normalized spacial score (nSPS) is 11.1. The predicted octanol–water partition coefficient (Wildman–Crippen LogP) is 5.92. The van der Waals surface area contributed by atoms with E-state index < -0.39 is 5.97 Å². The highest BCUT2D eigenvalue weighted by Crippen LogP contribution is 2.40. The maximum absolute atomic E-state index is 13.0. The molecule has 0 atom stereocenters. The number of esters is 1. The molecule has 0 unspecified atom stereocenters. The van der Waals surface area contributed by atoms with Crippen LogP contribution in [0.15, 0.2) is 30.3 Å². The molecule has 2 aromatic carbocycles. The topological polar surface area (TPSA) is 54.0 Å². The number of hydrogen-bond donors (Lipinski definition) is 0. The molecule has 0 aromatic heterocycles. The van der Waals surface area contributed by atoms with Gasteiger partial charge in [-0.25, -0.2) is 4.79 Å². The Bertz CT molecular complexity index is 853. The van der Waals surface area contributed by atoms with Gasteiger partial charge >= 0.3 is 5.97 Å². The third-order valence-corrected chi connectivity index (χ3v) is 4.19. The summed E-state index contributed by atoms with van der Waals surface area (Å²) in [5.41, 5.74) is 2.35. The summed E-state index contributed by atoms with van der Waals surface area (Å²) in [6, 6.07) is 9.16. The Morgan fingerprint density at radius 3 is 2.00 bits per heavy atom. The Morgan fingerprint density at radius 2 is 1.45 bits per heavy atom. The van der Waals surface area contributed by atoms with E-state index in [1.807, 2.05) is 52.8 Å². The maximum Gasteiger partial charge on any atom is 0.343 e. The van der Waals surface area contributed by atoms with E-state index in [1.54, 1.807) is 12.1 Å². The molecule has 0 saturated heterocycles. The average molecular weight is 401 g/mol. The first-order chi connectivity index (χ1) is 13.6. The monoisotopic (exact) mass is 400 g/mol. The summed E-state index contributed by atoms with van der Waals surface area (Å²) < 4.78 is 23.0. The van der Waals surface area contributed by atoms with Gasteiger partial charge in [-0.1, -0.05) is 26.0 Å². The Hall–Kier alpha value is -2.69. The van der Waals surface area contributed by atoms with Gasteiger partial charge in [0.15, 0.2) is 11.5 Å². The molecule has 0 saturated carbocycles. The molecule has 0 aliphatic heterocycles. The highest BCUT2D eigenvalue weighted by Gasteiger charge is 2.22. The van der Waals surface area contributed by atoms with Crippen LogP contribution in [-0.2, 0) is 0 Å². The summed E-state index contributed by atoms with van der Waals surface area (Å²) in [6.07, 6.45) is -0.165. The molecule has 2 rings (SSSR count). The zero-order valence-electron chi connectivity index (χ0n) is 18.7. The van der Waals surface area contributed by atoms with Gasteiger partial charge in [0.05, 0.1) is 24.9 Å². The minimum absolute atomic E-state index is 0.0721. The molecule has 0 bridgehead atoms. The van der Waals surface area contributed by atoms with E-state index in [0.717, 1.165) is 11.1 Å². The summed E-state index contributed by atoms with van der Waals surface area (Å²) in [5, 5.41) is 0. The SMILES string of the molecule is COc1cc(C(=O)Oc2cc(C)ccc2C(C)C)cc(OC(C)C)c1OC(C)C. The minimum atomic E-state index is -0.472.